The number of nitrogens with zero attached hydrogens (tertiary/aromatic N) is 1. The van der Waals surface area contributed by atoms with Gasteiger partial charge in [-0.3, -0.25) is 0 Å². The first-order valence-electron chi connectivity index (χ1n) is 6.00. The van der Waals surface area contributed by atoms with Gasteiger partial charge in [0.1, 0.15) is 11.5 Å². The van der Waals surface area contributed by atoms with Gasteiger partial charge in [-0.1, -0.05) is 17.7 Å². The summed E-state index contributed by atoms with van der Waals surface area (Å²) in [6.45, 7) is 1.79. The Morgan fingerprint density at radius 3 is 2.40 bits per heavy atom. The molecule has 0 aromatic heterocycles. The summed E-state index contributed by atoms with van der Waals surface area (Å²) in [7, 11) is 0. The molecular formula is C15H13ClN2O2. The average Bonchev–Trinajstić information content (AvgIpc) is 2.41. The summed E-state index contributed by atoms with van der Waals surface area (Å²) < 4.78 is 0. The standard InChI is InChI=1S/C15H13ClN2O2/c1-9(15-13(19)3-2-4-14(15)20)18-12-6-5-10(8-17)7-11(12)16/h2-7,9,18-20H,1H3. The molecule has 0 saturated carbocycles. The minimum absolute atomic E-state index is 0.00904. The topological polar surface area (TPSA) is 76.3 Å². The molecule has 0 fully saturated rings. The number of nitriles is 1. The molecule has 0 amide bonds. The van der Waals surface area contributed by atoms with Crippen LogP contribution in [0.5, 0.6) is 11.5 Å². The third-order valence-electron chi connectivity index (χ3n) is 2.96. The second-order valence-corrected chi connectivity index (χ2v) is 4.79. The van der Waals surface area contributed by atoms with Crippen molar-refractivity contribution >= 4 is 17.3 Å². The SMILES string of the molecule is CC(Nc1ccc(C#N)cc1Cl)c1c(O)cccc1O. The fraction of sp³-hybridized carbons (Fsp3) is 0.133. The Bertz CT molecular complexity index is 660. The first kappa shape index (κ1) is 14.0. The fourth-order valence-electron chi connectivity index (χ4n) is 1.99. The van der Waals surface area contributed by atoms with E-state index in [-0.39, 0.29) is 17.5 Å². The summed E-state index contributed by atoms with van der Waals surface area (Å²) in [5.74, 6) is 0.0181. The van der Waals surface area contributed by atoms with Crippen LogP contribution in [0.2, 0.25) is 5.02 Å². The Labute approximate surface area is 121 Å². The molecule has 102 valence electrons. The lowest BCUT2D eigenvalue weighted by Gasteiger charge is -2.18. The van der Waals surface area contributed by atoms with Crippen LogP contribution in [-0.4, -0.2) is 10.2 Å². The second kappa shape index (κ2) is 5.72. The van der Waals surface area contributed by atoms with Gasteiger partial charge in [-0.05, 0) is 37.3 Å². The van der Waals surface area contributed by atoms with Gasteiger partial charge in [-0.2, -0.15) is 5.26 Å². The maximum atomic E-state index is 9.82. The molecular weight excluding hydrogens is 276 g/mol. The van der Waals surface area contributed by atoms with E-state index in [1.807, 2.05) is 6.07 Å². The summed E-state index contributed by atoms with van der Waals surface area (Å²) >= 11 is 6.08. The number of anilines is 1. The van der Waals surface area contributed by atoms with Gasteiger partial charge in [0.05, 0.1) is 33.9 Å². The third-order valence-corrected chi connectivity index (χ3v) is 3.28. The van der Waals surface area contributed by atoms with Crippen molar-refractivity contribution in [2.75, 3.05) is 5.32 Å². The van der Waals surface area contributed by atoms with Crippen molar-refractivity contribution in [3.05, 3.63) is 52.5 Å². The predicted octanol–water partition coefficient (Wildman–Crippen LogP) is 3.80. The molecule has 0 aliphatic rings. The number of hydrogen-bond acceptors (Lipinski definition) is 4. The first-order chi connectivity index (χ1) is 9.52. The van der Waals surface area contributed by atoms with Crippen molar-refractivity contribution < 1.29 is 10.2 Å². The Hall–Kier alpha value is -2.38. The number of nitrogens with one attached hydrogen (secondary N) is 1. The number of benzene rings is 2. The second-order valence-electron chi connectivity index (χ2n) is 4.38. The van der Waals surface area contributed by atoms with E-state index in [9.17, 15) is 10.2 Å². The molecule has 20 heavy (non-hydrogen) atoms. The van der Waals surface area contributed by atoms with Crippen molar-refractivity contribution in [3.8, 4) is 17.6 Å². The van der Waals surface area contributed by atoms with Crippen LogP contribution in [-0.2, 0) is 0 Å². The van der Waals surface area contributed by atoms with Gasteiger partial charge in [0.25, 0.3) is 0 Å². The number of hydrogen-bond donors (Lipinski definition) is 3. The van der Waals surface area contributed by atoms with E-state index in [1.165, 1.54) is 12.1 Å². The van der Waals surface area contributed by atoms with Crippen LogP contribution in [0, 0.1) is 11.3 Å². The van der Waals surface area contributed by atoms with E-state index in [0.717, 1.165) is 0 Å². The van der Waals surface area contributed by atoms with Crippen LogP contribution in [0.1, 0.15) is 24.1 Å². The maximum absolute atomic E-state index is 9.82. The lowest BCUT2D eigenvalue weighted by atomic mass is 10.1. The monoisotopic (exact) mass is 288 g/mol. The van der Waals surface area contributed by atoms with Gasteiger partial charge >= 0.3 is 0 Å². The molecule has 4 nitrogen and oxygen atoms in total. The zero-order valence-corrected chi connectivity index (χ0v) is 11.5. The molecule has 5 heteroatoms. The quantitative estimate of drug-likeness (QED) is 0.803. The van der Waals surface area contributed by atoms with Crippen LogP contribution >= 0.6 is 11.6 Å². The maximum Gasteiger partial charge on any atom is 0.124 e. The van der Waals surface area contributed by atoms with Crippen LogP contribution in [0.15, 0.2) is 36.4 Å². The van der Waals surface area contributed by atoms with Crippen LogP contribution in [0.3, 0.4) is 0 Å². The molecule has 2 aromatic carbocycles. The van der Waals surface area contributed by atoms with E-state index in [0.29, 0.717) is 21.8 Å². The van der Waals surface area contributed by atoms with Crippen molar-refractivity contribution in [3.63, 3.8) is 0 Å². The first-order valence-corrected chi connectivity index (χ1v) is 6.37. The minimum Gasteiger partial charge on any atom is -0.507 e. The van der Waals surface area contributed by atoms with Crippen molar-refractivity contribution in [2.24, 2.45) is 0 Å². The highest BCUT2D eigenvalue weighted by molar-refractivity contribution is 6.33. The number of phenols is 2. The summed E-state index contributed by atoms with van der Waals surface area (Å²) in [6.07, 6.45) is 0. The molecule has 0 aliphatic heterocycles. The summed E-state index contributed by atoms with van der Waals surface area (Å²) in [5.41, 5.74) is 1.49. The highest BCUT2D eigenvalue weighted by Crippen LogP contribution is 2.35. The highest BCUT2D eigenvalue weighted by Gasteiger charge is 2.15. The van der Waals surface area contributed by atoms with Crippen molar-refractivity contribution in [1.29, 1.82) is 5.26 Å². The normalized spacial score (nSPS) is 11.7. The number of rotatable bonds is 3. The predicted molar refractivity (Wildman–Crippen MR) is 78.0 cm³/mol. The minimum atomic E-state index is -0.346. The Morgan fingerprint density at radius 1 is 1.20 bits per heavy atom. The van der Waals surface area contributed by atoms with E-state index >= 15 is 0 Å². The van der Waals surface area contributed by atoms with Gasteiger partial charge in [-0.15, -0.1) is 0 Å². The van der Waals surface area contributed by atoms with E-state index in [4.69, 9.17) is 16.9 Å². The summed E-state index contributed by atoms with van der Waals surface area (Å²) in [6, 6.07) is 11.1. The molecule has 0 heterocycles. The molecule has 0 radical (unpaired) electrons. The van der Waals surface area contributed by atoms with Crippen LogP contribution in [0.4, 0.5) is 5.69 Å². The molecule has 3 N–H and O–H groups in total. The average molecular weight is 289 g/mol. The van der Waals surface area contributed by atoms with Crippen molar-refractivity contribution in [2.45, 2.75) is 13.0 Å². The molecule has 1 atom stereocenters. The number of aromatic hydroxyl groups is 2. The Balaban J connectivity index is 2.28. The molecule has 2 aromatic rings. The lowest BCUT2D eigenvalue weighted by Crippen LogP contribution is -2.07. The van der Waals surface area contributed by atoms with Gasteiger partial charge < -0.3 is 15.5 Å². The largest absolute Gasteiger partial charge is 0.507 e. The molecule has 0 spiro atoms. The number of phenolic OH excluding ortho intramolecular Hbond substituents is 2. The zero-order chi connectivity index (χ0) is 14.7. The Morgan fingerprint density at radius 2 is 1.85 bits per heavy atom. The smallest absolute Gasteiger partial charge is 0.124 e. The third kappa shape index (κ3) is 2.79. The summed E-state index contributed by atoms with van der Waals surface area (Å²) in [4.78, 5) is 0. The van der Waals surface area contributed by atoms with Gasteiger partial charge in [-0.25, -0.2) is 0 Å². The van der Waals surface area contributed by atoms with E-state index in [2.05, 4.69) is 5.32 Å². The lowest BCUT2D eigenvalue weighted by molar-refractivity contribution is 0.434. The van der Waals surface area contributed by atoms with Crippen molar-refractivity contribution in [1.82, 2.24) is 0 Å². The van der Waals surface area contributed by atoms with E-state index in [1.54, 1.807) is 31.2 Å². The highest BCUT2D eigenvalue weighted by atomic mass is 35.5. The fourth-order valence-corrected chi connectivity index (χ4v) is 2.23. The van der Waals surface area contributed by atoms with Crippen LogP contribution < -0.4 is 5.32 Å². The molecule has 0 saturated heterocycles. The molecule has 2 rings (SSSR count). The number of halogens is 1. The van der Waals surface area contributed by atoms with Gasteiger partial charge in [0.15, 0.2) is 0 Å². The summed E-state index contributed by atoms with van der Waals surface area (Å²) in [5, 5.41) is 31.9. The van der Waals surface area contributed by atoms with Crippen LogP contribution in [0.25, 0.3) is 0 Å². The molecule has 1 unspecified atom stereocenters. The zero-order valence-electron chi connectivity index (χ0n) is 10.8. The van der Waals surface area contributed by atoms with Gasteiger partial charge in [0, 0.05) is 0 Å². The molecule has 0 aliphatic carbocycles. The Kier molecular flexibility index (Phi) is 4.02. The molecule has 0 bridgehead atoms. The van der Waals surface area contributed by atoms with E-state index < -0.39 is 0 Å². The van der Waals surface area contributed by atoms with Gasteiger partial charge in [0.2, 0.25) is 0 Å².